The van der Waals surface area contributed by atoms with Gasteiger partial charge in [-0.1, -0.05) is 6.92 Å². The summed E-state index contributed by atoms with van der Waals surface area (Å²) in [6.45, 7) is 3.39. The zero-order valence-electron chi connectivity index (χ0n) is 8.34. The zero-order valence-corrected chi connectivity index (χ0v) is 9.34. The molecular formula is C6H14LiO4Si. The maximum Gasteiger partial charge on any atom is 0.564 e. The largest absolute Gasteiger partial charge is 0.564 e. The fraction of sp³-hybridized carbons (Fsp3) is 0.833. The van der Waals surface area contributed by atoms with Crippen LogP contribution in [0, 0.1) is 0 Å². The van der Waals surface area contributed by atoms with Crippen LogP contribution in [-0.2, 0) is 18.1 Å². The van der Waals surface area contributed by atoms with Crippen LogP contribution in [0.1, 0.15) is 13.3 Å². The van der Waals surface area contributed by atoms with Crippen LogP contribution in [0.5, 0.6) is 0 Å². The van der Waals surface area contributed by atoms with Crippen molar-refractivity contribution in [2.24, 2.45) is 0 Å². The minimum absolute atomic E-state index is 0. The van der Waals surface area contributed by atoms with Gasteiger partial charge >= 0.3 is 8.80 Å². The molecule has 0 bridgehead atoms. The minimum atomic E-state index is -2.63. The number of hydrogen-bond acceptors (Lipinski definition) is 4. The summed E-state index contributed by atoms with van der Waals surface area (Å²) in [6, 6.07) is 0. The summed E-state index contributed by atoms with van der Waals surface area (Å²) >= 11 is 0. The molecule has 0 aromatic heterocycles. The first-order valence-electron chi connectivity index (χ1n) is 3.40. The quantitative estimate of drug-likeness (QED) is 0.595. The number of carbonyl (C=O) groups excluding carboxylic acids is 1. The van der Waals surface area contributed by atoms with Crippen molar-refractivity contribution in [2.75, 3.05) is 14.2 Å². The van der Waals surface area contributed by atoms with E-state index in [1.807, 2.05) is 0 Å². The van der Waals surface area contributed by atoms with Crippen LogP contribution in [0.25, 0.3) is 0 Å². The fourth-order valence-electron chi connectivity index (χ4n) is 0.446. The Hall–Kier alpha value is 0.204. The Kier molecular flexibility index (Phi) is 8.20. The topological polar surface area (TPSA) is 44.8 Å². The van der Waals surface area contributed by atoms with Gasteiger partial charge < -0.3 is 13.3 Å². The van der Waals surface area contributed by atoms with E-state index >= 15 is 0 Å². The molecule has 4 nitrogen and oxygen atoms in total. The molecule has 0 aliphatic rings. The van der Waals surface area contributed by atoms with E-state index in [0.29, 0.717) is 6.42 Å². The predicted octanol–water partition coefficient (Wildman–Crippen LogP) is 0.420. The molecule has 0 aliphatic heterocycles. The molecule has 0 atom stereocenters. The van der Waals surface area contributed by atoms with Crippen molar-refractivity contribution in [1.82, 2.24) is 0 Å². The molecule has 12 heavy (non-hydrogen) atoms. The van der Waals surface area contributed by atoms with E-state index in [1.54, 1.807) is 13.5 Å². The third-order valence-electron chi connectivity index (χ3n) is 1.33. The molecule has 0 aromatic carbocycles. The Morgan fingerprint density at radius 3 is 2.00 bits per heavy atom. The van der Waals surface area contributed by atoms with Gasteiger partial charge in [0.2, 0.25) is 0 Å². The van der Waals surface area contributed by atoms with Crippen molar-refractivity contribution in [2.45, 2.75) is 19.9 Å². The molecule has 0 aromatic rings. The van der Waals surface area contributed by atoms with Crippen molar-refractivity contribution >= 4 is 33.6 Å². The van der Waals surface area contributed by atoms with Crippen LogP contribution in [0.4, 0.5) is 0 Å². The van der Waals surface area contributed by atoms with Crippen LogP contribution in [0.15, 0.2) is 0 Å². The Balaban J connectivity index is 0. The molecule has 0 aliphatic carbocycles. The second-order valence-corrected chi connectivity index (χ2v) is 4.84. The summed E-state index contributed by atoms with van der Waals surface area (Å²) in [7, 11) is 0.311. The fourth-order valence-corrected chi connectivity index (χ4v) is 1.34. The van der Waals surface area contributed by atoms with Crippen LogP contribution >= 0.6 is 0 Å². The van der Waals surface area contributed by atoms with Gasteiger partial charge in [-0.2, -0.15) is 0 Å². The number of hydrogen-bond donors (Lipinski definition) is 0. The third-order valence-corrected chi connectivity index (χ3v) is 3.41. The summed E-state index contributed by atoms with van der Waals surface area (Å²) in [6.07, 6.45) is 0.343. The van der Waals surface area contributed by atoms with Gasteiger partial charge in [-0.05, 0) is 0 Å². The molecule has 67 valence electrons. The first kappa shape index (κ1) is 14.7. The Morgan fingerprint density at radius 2 is 1.75 bits per heavy atom. The first-order chi connectivity index (χ1) is 5.08. The first-order valence-corrected chi connectivity index (χ1v) is 5.62. The van der Waals surface area contributed by atoms with Gasteiger partial charge in [-0.15, -0.1) is 0 Å². The maximum atomic E-state index is 10.8. The van der Waals surface area contributed by atoms with E-state index < -0.39 is 8.80 Å². The predicted molar refractivity (Wildman–Crippen MR) is 47.8 cm³/mol. The van der Waals surface area contributed by atoms with Crippen LogP contribution in [0.3, 0.4) is 0 Å². The Bertz CT molecular complexity index is 138. The van der Waals surface area contributed by atoms with Gasteiger partial charge in [0.15, 0.2) is 0 Å². The molecule has 0 heterocycles. The Labute approximate surface area is 86.1 Å². The average molecular weight is 185 g/mol. The van der Waals surface area contributed by atoms with Crippen molar-refractivity contribution in [1.29, 1.82) is 0 Å². The van der Waals surface area contributed by atoms with E-state index in [0.717, 1.165) is 0 Å². The normalized spacial score (nSPS) is 10.3. The molecule has 0 saturated heterocycles. The third kappa shape index (κ3) is 4.96. The molecule has 0 saturated carbocycles. The van der Waals surface area contributed by atoms with Gasteiger partial charge in [0.1, 0.15) is 0 Å². The average Bonchev–Trinajstić information content (AvgIpc) is 2.04. The van der Waals surface area contributed by atoms with Crippen molar-refractivity contribution < 1.29 is 18.1 Å². The monoisotopic (exact) mass is 185 g/mol. The molecule has 1 radical (unpaired) electrons. The van der Waals surface area contributed by atoms with E-state index in [9.17, 15) is 4.79 Å². The molecule has 0 fully saturated rings. The maximum absolute atomic E-state index is 10.8. The van der Waals surface area contributed by atoms with E-state index in [-0.39, 0.29) is 24.8 Å². The van der Waals surface area contributed by atoms with Crippen LogP contribution in [0.2, 0.25) is 6.55 Å². The van der Waals surface area contributed by atoms with E-state index in [1.165, 1.54) is 14.2 Å². The van der Waals surface area contributed by atoms with Gasteiger partial charge in [-0.25, -0.2) is 0 Å². The molecule has 0 rings (SSSR count). The zero-order chi connectivity index (χ0) is 8.91. The standard InChI is InChI=1S/C6H14O4Si.Li/c1-5-6(7)10-11(4,8-2)9-3;/h5H2,1-4H3;. The summed E-state index contributed by atoms with van der Waals surface area (Å²) < 4.78 is 14.8. The van der Waals surface area contributed by atoms with Crippen molar-refractivity contribution in [3.05, 3.63) is 0 Å². The van der Waals surface area contributed by atoms with Crippen molar-refractivity contribution in [3.8, 4) is 0 Å². The molecule has 0 N–H and O–H groups in total. The summed E-state index contributed by atoms with van der Waals surface area (Å²) in [5.41, 5.74) is 0. The van der Waals surface area contributed by atoms with Gasteiger partial charge in [0.05, 0.1) is 0 Å². The van der Waals surface area contributed by atoms with Gasteiger partial charge in [0.25, 0.3) is 5.97 Å². The van der Waals surface area contributed by atoms with Crippen LogP contribution < -0.4 is 0 Å². The summed E-state index contributed by atoms with van der Waals surface area (Å²) in [5, 5.41) is 0. The summed E-state index contributed by atoms with van der Waals surface area (Å²) in [4.78, 5) is 10.8. The molecule has 6 heteroatoms. The summed E-state index contributed by atoms with van der Waals surface area (Å²) in [5.74, 6) is -0.289. The SMILES string of the molecule is CCC(=O)O[Si](C)(OC)OC.[Li]. The molecule has 0 spiro atoms. The molecule has 0 amide bonds. The smallest absolute Gasteiger partial charge is 0.473 e. The second kappa shape index (κ2) is 6.69. The van der Waals surface area contributed by atoms with Gasteiger partial charge in [-0.3, -0.25) is 4.79 Å². The minimum Gasteiger partial charge on any atom is -0.473 e. The number of carbonyl (C=O) groups is 1. The van der Waals surface area contributed by atoms with Crippen molar-refractivity contribution in [3.63, 3.8) is 0 Å². The van der Waals surface area contributed by atoms with E-state index in [4.69, 9.17) is 13.3 Å². The number of rotatable bonds is 4. The molecule has 0 unspecified atom stereocenters. The Morgan fingerprint density at radius 1 is 1.33 bits per heavy atom. The van der Waals surface area contributed by atoms with Gasteiger partial charge in [0, 0.05) is 46.0 Å². The van der Waals surface area contributed by atoms with E-state index in [2.05, 4.69) is 0 Å². The second-order valence-electron chi connectivity index (χ2n) is 2.10. The molecular weight excluding hydrogens is 171 g/mol. The van der Waals surface area contributed by atoms with Crippen LogP contribution in [-0.4, -0.2) is 47.9 Å².